The van der Waals surface area contributed by atoms with Crippen LogP contribution in [0.4, 0.5) is 5.95 Å². The first-order valence-electron chi connectivity index (χ1n) is 9.69. The van der Waals surface area contributed by atoms with Crippen LogP contribution in [0.1, 0.15) is 47.2 Å². The summed E-state index contributed by atoms with van der Waals surface area (Å²) in [5.74, 6) is 2.98. The maximum Gasteiger partial charge on any atom is 0.225 e. The van der Waals surface area contributed by atoms with Crippen molar-refractivity contribution in [3.8, 4) is 0 Å². The quantitative estimate of drug-likeness (QED) is 0.845. The summed E-state index contributed by atoms with van der Waals surface area (Å²) < 4.78 is 11.4. The second-order valence-electron chi connectivity index (χ2n) is 7.75. The van der Waals surface area contributed by atoms with Crippen molar-refractivity contribution in [1.82, 2.24) is 14.9 Å². The molecular weight excluding hydrogens is 328 g/mol. The Morgan fingerprint density at radius 1 is 1.19 bits per heavy atom. The molecule has 2 aromatic rings. The SMILES string of the molecule is Cc1cc(CN2[C@H]3CC[C@@H]2c2cnc(N4CCOCC4)nc2C3)oc1C. The predicted molar refractivity (Wildman–Crippen MR) is 98.3 cm³/mol. The van der Waals surface area contributed by atoms with Gasteiger partial charge in [-0.2, -0.15) is 0 Å². The molecule has 3 aliphatic heterocycles. The number of aryl methyl sites for hydroxylation is 2. The first-order chi connectivity index (χ1) is 12.7. The van der Waals surface area contributed by atoms with Gasteiger partial charge < -0.3 is 14.1 Å². The van der Waals surface area contributed by atoms with Crippen molar-refractivity contribution < 1.29 is 9.15 Å². The molecule has 0 saturated carbocycles. The van der Waals surface area contributed by atoms with Gasteiger partial charge >= 0.3 is 0 Å². The Hall–Kier alpha value is -1.92. The van der Waals surface area contributed by atoms with Gasteiger partial charge in [0.05, 0.1) is 25.5 Å². The van der Waals surface area contributed by atoms with Crippen molar-refractivity contribution in [2.45, 2.75) is 51.7 Å². The van der Waals surface area contributed by atoms with E-state index in [9.17, 15) is 0 Å². The molecule has 5 rings (SSSR count). The molecule has 138 valence electrons. The minimum Gasteiger partial charge on any atom is -0.465 e. The highest BCUT2D eigenvalue weighted by Gasteiger charge is 2.41. The van der Waals surface area contributed by atoms with E-state index in [1.54, 1.807) is 0 Å². The highest BCUT2D eigenvalue weighted by molar-refractivity contribution is 5.37. The number of fused-ring (bicyclic) bond motifs is 4. The molecular formula is C20H26N4O2. The fourth-order valence-electron chi connectivity index (χ4n) is 4.63. The molecule has 2 aromatic heterocycles. The third-order valence-corrected chi connectivity index (χ3v) is 6.17. The summed E-state index contributed by atoms with van der Waals surface area (Å²) in [5, 5.41) is 0. The van der Waals surface area contributed by atoms with Gasteiger partial charge in [-0.05, 0) is 38.3 Å². The van der Waals surface area contributed by atoms with E-state index in [1.165, 1.54) is 29.7 Å². The van der Waals surface area contributed by atoms with Gasteiger partial charge in [-0.15, -0.1) is 0 Å². The van der Waals surface area contributed by atoms with Gasteiger partial charge in [0.2, 0.25) is 5.95 Å². The Balaban J connectivity index is 1.39. The van der Waals surface area contributed by atoms with Crippen LogP contribution in [0.25, 0.3) is 0 Å². The zero-order valence-electron chi connectivity index (χ0n) is 15.6. The van der Waals surface area contributed by atoms with Gasteiger partial charge in [0, 0.05) is 43.4 Å². The second-order valence-corrected chi connectivity index (χ2v) is 7.75. The van der Waals surface area contributed by atoms with E-state index in [1.807, 2.05) is 6.92 Å². The number of anilines is 1. The molecule has 0 aliphatic carbocycles. The first-order valence-corrected chi connectivity index (χ1v) is 9.69. The molecule has 2 saturated heterocycles. The zero-order chi connectivity index (χ0) is 17.7. The Morgan fingerprint density at radius 3 is 2.81 bits per heavy atom. The van der Waals surface area contributed by atoms with Gasteiger partial charge in [-0.3, -0.25) is 4.90 Å². The van der Waals surface area contributed by atoms with Crippen LogP contribution < -0.4 is 4.90 Å². The van der Waals surface area contributed by atoms with E-state index in [0.29, 0.717) is 12.1 Å². The molecule has 26 heavy (non-hydrogen) atoms. The van der Waals surface area contributed by atoms with Crippen molar-refractivity contribution in [2.75, 3.05) is 31.2 Å². The predicted octanol–water partition coefficient (Wildman–Crippen LogP) is 2.78. The molecule has 5 heterocycles. The summed E-state index contributed by atoms with van der Waals surface area (Å²) in [5.41, 5.74) is 3.80. The minimum absolute atomic E-state index is 0.424. The summed E-state index contributed by atoms with van der Waals surface area (Å²) in [4.78, 5) is 14.5. The molecule has 0 spiro atoms. The minimum atomic E-state index is 0.424. The van der Waals surface area contributed by atoms with Crippen molar-refractivity contribution in [2.24, 2.45) is 0 Å². The largest absolute Gasteiger partial charge is 0.465 e. The third kappa shape index (κ3) is 2.72. The highest BCUT2D eigenvalue weighted by atomic mass is 16.5. The Morgan fingerprint density at radius 2 is 2.04 bits per heavy atom. The van der Waals surface area contributed by atoms with Crippen LogP contribution in [-0.4, -0.2) is 47.2 Å². The summed E-state index contributed by atoms with van der Waals surface area (Å²) >= 11 is 0. The number of hydrogen-bond donors (Lipinski definition) is 0. The lowest BCUT2D eigenvalue weighted by atomic mass is 9.99. The third-order valence-electron chi connectivity index (χ3n) is 6.17. The molecule has 3 aliphatic rings. The Labute approximate surface area is 154 Å². The van der Waals surface area contributed by atoms with Crippen LogP contribution in [0.3, 0.4) is 0 Å². The van der Waals surface area contributed by atoms with E-state index in [4.69, 9.17) is 19.1 Å². The Bertz CT molecular complexity index is 793. The molecule has 0 aromatic carbocycles. The molecule has 2 fully saturated rings. The van der Waals surface area contributed by atoms with E-state index < -0.39 is 0 Å². The average Bonchev–Trinajstić information content (AvgIpc) is 3.12. The van der Waals surface area contributed by atoms with Crippen LogP contribution >= 0.6 is 0 Å². The number of furan rings is 1. The number of hydrogen-bond acceptors (Lipinski definition) is 6. The average molecular weight is 354 g/mol. The summed E-state index contributed by atoms with van der Waals surface area (Å²) in [6.45, 7) is 8.34. The second kappa shape index (κ2) is 6.35. The molecule has 0 amide bonds. The van der Waals surface area contributed by atoms with Gasteiger partial charge in [-0.25, -0.2) is 9.97 Å². The number of rotatable bonds is 3. The fourth-order valence-corrected chi connectivity index (χ4v) is 4.63. The van der Waals surface area contributed by atoms with Gasteiger partial charge in [0.25, 0.3) is 0 Å². The highest BCUT2D eigenvalue weighted by Crippen LogP contribution is 2.44. The standard InChI is InChI=1S/C20H26N4O2/c1-13-9-16(26-14(13)2)12-24-15-3-4-19(24)17-11-21-20(22-18(17)10-15)23-5-7-25-8-6-23/h9,11,15,19H,3-8,10,12H2,1-2H3/t15-,19+/m0/s1. The zero-order valence-corrected chi connectivity index (χ0v) is 15.6. The van der Waals surface area contributed by atoms with Crippen molar-refractivity contribution in [1.29, 1.82) is 0 Å². The van der Waals surface area contributed by atoms with Crippen LogP contribution in [0.15, 0.2) is 16.7 Å². The van der Waals surface area contributed by atoms with Crippen molar-refractivity contribution in [3.05, 3.63) is 40.6 Å². The lowest BCUT2D eigenvalue weighted by Gasteiger charge is -2.35. The molecule has 0 radical (unpaired) electrons. The normalized spacial score (nSPS) is 25.5. The van der Waals surface area contributed by atoms with Crippen molar-refractivity contribution in [3.63, 3.8) is 0 Å². The van der Waals surface area contributed by atoms with Gasteiger partial charge in [-0.1, -0.05) is 0 Å². The monoisotopic (exact) mass is 354 g/mol. The summed E-state index contributed by atoms with van der Waals surface area (Å²) in [6, 6.07) is 3.17. The van der Waals surface area contributed by atoms with Crippen LogP contribution in [0, 0.1) is 13.8 Å². The van der Waals surface area contributed by atoms with E-state index >= 15 is 0 Å². The molecule has 6 heteroatoms. The van der Waals surface area contributed by atoms with E-state index in [-0.39, 0.29) is 0 Å². The molecule has 0 unspecified atom stereocenters. The molecule has 2 bridgehead atoms. The number of ether oxygens (including phenoxy) is 1. The topological polar surface area (TPSA) is 54.6 Å². The van der Waals surface area contributed by atoms with E-state index in [0.717, 1.165) is 56.7 Å². The molecule has 0 N–H and O–H groups in total. The van der Waals surface area contributed by atoms with Crippen LogP contribution in [-0.2, 0) is 17.7 Å². The molecule has 2 atom stereocenters. The lowest BCUT2D eigenvalue weighted by molar-refractivity contribution is 0.121. The number of aromatic nitrogens is 2. The van der Waals surface area contributed by atoms with E-state index in [2.05, 4.69) is 29.0 Å². The van der Waals surface area contributed by atoms with Gasteiger partial charge in [0.1, 0.15) is 11.5 Å². The van der Waals surface area contributed by atoms with Crippen LogP contribution in [0.5, 0.6) is 0 Å². The maximum absolute atomic E-state index is 5.94. The van der Waals surface area contributed by atoms with Gasteiger partial charge in [0.15, 0.2) is 0 Å². The summed E-state index contributed by atoms with van der Waals surface area (Å²) in [7, 11) is 0. The van der Waals surface area contributed by atoms with Crippen molar-refractivity contribution >= 4 is 5.95 Å². The molecule has 6 nitrogen and oxygen atoms in total. The number of morpholine rings is 1. The smallest absolute Gasteiger partial charge is 0.225 e. The number of nitrogens with zero attached hydrogens (tertiary/aromatic N) is 4. The first kappa shape index (κ1) is 16.3. The lowest BCUT2D eigenvalue weighted by Crippen LogP contribution is -2.40. The summed E-state index contributed by atoms with van der Waals surface area (Å²) in [6.07, 6.45) is 5.51. The fraction of sp³-hybridized carbons (Fsp3) is 0.600. The maximum atomic E-state index is 5.94. The Kier molecular flexibility index (Phi) is 3.98. The van der Waals surface area contributed by atoms with Crippen LogP contribution in [0.2, 0.25) is 0 Å².